The summed E-state index contributed by atoms with van der Waals surface area (Å²) < 4.78 is 9.59. The molecule has 1 aromatic rings. The Hall–Kier alpha value is -2.35. The monoisotopic (exact) mass is 308 g/mol. The molecule has 0 aromatic heterocycles. The van der Waals surface area contributed by atoms with Gasteiger partial charge in [-0.1, -0.05) is 11.8 Å². The van der Waals surface area contributed by atoms with E-state index in [-0.39, 0.29) is 17.2 Å². The molecule has 0 radical (unpaired) electrons. The van der Waals surface area contributed by atoms with E-state index < -0.39 is 11.9 Å². The summed E-state index contributed by atoms with van der Waals surface area (Å²) in [6, 6.07) is 4.46. The molecule has 0 aliphatic carbocycles. The molecule has 0 unspecified atom stereocenters. The van der Waals surface area contributed by atoms with Crippen molar-refractivity contribution in [3.63, 3.8) is 0 Å². The van der Waals surface area contributed by atoms with Crippen molar-refractivity contribution in [1.29, 1.82) is 0 Å². The Kier molecular flexibility index (Phi) is 4.59. The quantitative estimate of drug-likeness (QED) is 0.667. The highest BCUT2D eigenvalue weighted by Gasteiger charge is 2.18. The molecule has 1 N–H and O–H groups in total. The van der Waals surface area contributed by atoms with Crippen molar-refractivity contribution in [2.75, 3.05) is 12.9 Å². The van der Waals surface area contributed by atoms with Gasteiger partial charge in [0, 0.05) is 6.92 Å². The normalized spacial score (nSPS) is 15.7. The number of benzene rings is 1. The number of rotatable bonds is 3. The highest BCUT2D eigenvalue weighted by Crippen LogP contribution is 2.26. The summed E-state index contributed by atoms with van der Waals surface area (Å²) >= 11 is 1.27. The molecule has 110 valence electrons. The number of carbonyl (C=O) groups excluding carboxylic acids is 3. The van der Waals surface area contributed by atoms with E-state index in [4.69, 9.17) is 4.74 Å². The Morgan fingerprint density at radius 1 is 1.38 bits per heavy atom. The molecule has 1 heterocycles. The largest absolute Gasteiger partial charge is 0.465 e. The lowest BCUT2D eigenvalue weighted by Gasteiger charge is -2.08. The average molecular weight is 308 g/mol. The molecule has 8 heteroatoms. The highest BCUT2D eigenvalue weighted by atomic mass is 32.2. The first kappa shape index (κ1) is 15.0. The highest BCUT2D eigenvalue weighted by molar-refractivity contribution is 8.15. The van der Waals surface area contributed by atoms with Crippen LogP contribution in [-0.2, 0) is 14.3 Å². The number of carbonyl (C=O) groups is 3. The van der Waals surface area contributed by atoms with Crippen LogP contribution in [0.4, 0.5) is 5.69 Å². The third-order valence-corrected chi connectivity index (χ3v) is 3.31. The molecule has 2 rings (SSSR count). The first-order chi connectivity index (χ1) is 9.99. The summed E-state index contributed by atoms with van der Waals surface area (Å²) in [4.78, 5) is 38.0. The second kappa shape index (κ2) is 6.40. The van der Waals surface area contributed by atoms with Gasteiger partial charge in [0.25, 0.3) is 0 Å². The van der Waals surface area contributed by atoms with Gasteiger partial charge in [-0.15, -0.1) is 0 Å². The number of hydrogen-bond donors (Lipinski definition) is 1. The number of esters is 2. The SMILES string of the molecule is COC(=O)c1cc(N=C2NC(=O)CS2)ccc1OC(C)=O. The van der Waals surface area contributed by atoms with Crippen LogP contribution in [0.1, 0.15) is 17.3 Å². The topological polar surface area (TPSA) is 94.1 Å². The Bertz CT molecular complexity index is 641. The molecule has 0 bridgehead atoms. The van der Waals surface area contributed by atoms with Crippen molar-refractivity contribution in [1.82, 2.24) is 5.32 Å². The fraction of sp³-hybridized carbons (Fsp3) is 0.231. The lowest BCUT2D eigenvalue weighted by molar-refractivity contribution is -0.131. The smallest absolute Gasteiger partial charge is 0.341 e. The van der Waals surface area contributed by atoms with E-state index in [1.54, 1.807) is 6.07 Å². The number of thioether (sulfide) groups is 1. The van der Waals surface area contributed by atoms with Crippen LogP contribution in [-0.4, -0.2) is 35.9 Å². The Balaban J connectivity index is 2.34. The zero-order valence-corrected chi connectivity index (χ0v) is 12.2. The molecular weight excluding hydrogens is 296 g/mol. The average Bonchev–Trinajstić information content (AvgIpc) is 2.84. The van der Waals surface area contributed by atoms with Crippen molar-refractivity contribution < 1.29 is 23.9 Å². The van der Waals surface area contributed by atoms with Crippen molar-refractivity contribution in [3.8, 4) is 5.75 Å². The number of nitrogens with one attached hydrogen (secondary N) is 1. The Labute approximate surface area is 124 Å². The van der Waals surface area contributed by atoms with E-state index in [0.29, 0.717) is 16.6 Å². The number of ether oxygens (including phenoxy) is 2. The Morgan fingerprint density at radius 2 is 2.14 bits per heavy atom. The van der Waals surface area contributed by atoms with E-state index >= 15 is 0 Å². The number of hydrogen-bond acceptors (Lipinski definition) is 7. The second-order valence-corrected chi connectivity index (χ2v) is 4.98. The number of aliphatic imine (C=N–C) groups is 1. The van der Waals surface area contributed by atoms with Crippen molar-refractivity contribution in [3.05, 3.63) is 23.8 Å². The van der Waals surface area contributed by atoms with E-state index in [2.05, 4.69) is 15.0 Å². The molecule has 7 nitrogen and oxygen atoms in total. The van der Waals surface area contributed by atoms with Crippen LogP contribution in [0.25, 0.3) is 0 Å². The molecule has 1 aromatic carbocycles. The number of amidine groups is 1. The van der Waals surface area contributed by atoms with Crippen LogP contribution in [0.3, 0.4) is 0 Å². The minimum atomic E-state index is -0.642. The van der Waals surface area contributed by atoms with E-state index in [1.165, 1.54) is 37.9 Å². The van der Waals surface area contributed by atoms with Crippen LogP contribution in [0.5, 0.6) is 5.75 Å². The zero-order chi connectivity index (χ0) is 15.4. The number of methoxy groups -OCH3 is 1. The predicted molar refractivity (Wildman–Crippen MR) is 76.8 cm³/mol. The van der Waals surface area contributed by atoms with Gasteiger partial charge >= 0.3 is 11.9 Å². The minimum Gasteiger partial charge on any atom is -0.465 e. The van der Waals surface area contributed by atoms with Gasteiger partial charge in [-0.05, 0) is 18.2 Å². The molecule has 1 aliphatic rings. The molecule has 21 heavy (non-hydrogen) atoms. The predicted octanol–water partition coefficient (Wildman–Crippen LogP) is 1.25. The molecule has 0 atom stereocenters. The number of nitrogens with zero attached hydrogens (tertiary/aromatic N) is 1. The lowest BCUT2D eigenvalue weighted by Crippen LogP contribution is -2.19. The van der Waals surface area contributed by atoms with Gasteiger partial charge in [0.1, 0.15) is 11.3 Å². The van der Waals surface area contributed by atoms with E-state index in [9.17, 15) is 14.4 Å². The van der Waals surface area contributed by atoms with Gasteiger partial charge in [-0.2, -0.15) is 0 Å². The van der Waals surface area contributed by atoms with Crippen LogP contribution in [0.2, 0.25) is 0 Å². The van der Waals surface area contributed by atoms with Gasteiger partial charge in [0.05, 0.1) is 18.6 Å². The maximum absolute atomic E-state index is 11.7. The third kappa shape index (κ3) is 3.82. The van der Waals surface area contributed by atoms with Crippen LogP contribution >= 0.6 is 11.8 Å². The summed E-state index contributed by atoms with van der Waals surface area (Å²) in [5.74, 6) is -0.895. The van der Waals surface area contributed by atoms with Crippen molar-refractivity contribution in [2.24, 2.45) is 4.99 Å². The van der Waals surface area contributed by atoms with Gasteiger partial charge in [-0.25, -0.2) is 9.79 Å². The fourth-order valence-electron chi connectivity index (χ4n) is 1.60. The van der Waals surface area contributed by atoms with Gasteiger partial charge in [-0.3, -0.25) is 9.59 Å². The maximum atomic E-state index is 11.7. The molecule has 1 amide bonds. The Morgan fingerprint density at radius 3 is 2.71 bits per heavy atom. The first-order valence-corrected chi connectivity index (χ1v) is 6.90. The first-order valence-electron chi connectivity index (χ1n) is 5.91. The maximum Gasteiger partial charge on any atom is 0.341 e. The lowest BCUT2D eigenvalue weighted by atomic mass is 10.2. The third-order valence-electron chi connectivity index (χ3n) is 2.44. The molecule has 1 saturated heterocycles. The van der Waals surface area contributed by atoms with Crippen LogP contribution in [0.15, 0.2) is 23.2 Å². The molecule has 1 fully saturated rings. The van der Waals surface area contributed by atoms with Gasteiger partial charge in [0.15, 0.2) is 5.17 Å². The molecule has 1 aliphatic heterocycles. The minimum absolute atomic E-state index is 0.0869. The second-order valence-electron chi connectivity index (χ2n) is 4.02. The van der Waals surface area contributed by atoms with Gasteiger partial charge < -0.3 is 14.8 Å². The summed E-state index contributed by atoms with van der Waals surface area (Å²) in [7, 11) is 1.23. The van der Waals surface area contributed by atoms with Gasteiger partial charge in [0.2, 0.25) is 5.91 Å². The van der Waals surface area contributed by atoms with Crippen molar-refractivity contribution in [2.45, 2.75) is 6.92 Å². The van der Waals surface area contributed by atoms with Crippen LogP contribution < -0.4 is 10.1 Å². The summed E-state index contributed by atoms with van der Waals surface area (Å²) in [5.41, 5.74) is 0.528. The summed E-state index contributed by atoms with van der Waals surface area (Å²) in [5, 5.41) is 3.04. The van der Waals surface area contributed by atoms with E-state index in [1.807, 2.05) is 0 Å². The molecular formula is C13H12N2O5S. The number of amides is 1. The standard InChI is InChI=1S/C13H12N2O5S/c1-7(16)20-10-4-3-8(5-9(10)12(18)19-2)14-13-15-11(17)6-21-13/h3-5H,6H2,1-2H3,(H,14,15,17). The zero-order valence-electron chi connectivity index (χ0n) is 11.3. The summed E-state index contributed by atoms with van der Waals surface area (Å²) in [6.45, 7) is 1.24. The molecule has 0 saturated carbocycles. The summed E-state index contributed by atoms with van der Waals surface area (Å²) in [6.07, 6.45) is 0. The van der Waals surface area contributed by atoms with Crippen molar-refractivity contribution >= 4 is 40.5 Å². The van der Waals surface area contributed by atoms with Crippen LogP contribution in [0, 0.1) is 0 Å². The van der Waals surface area contributed by atoms with E-state index in [0.717, 1.165) is 0 Å². The molecule has 0 spiro atoms. The fourth-order valence-corrected chi connectivity index (χ4v) is 2.30.